The summed E-state index contributed by atoms with van der Waals surface area (Å²) in [5, 5.41) is 0. The zero-order chi connectivity index (χ0) is 14.9. The van der Waals surface area contributed by atoms with Gasteiger partial charge in [-0.05, 0) is 44.6 Å². The zero-order valence-electron chi connectivity index (χ0n) is 12.9. The van der Waals surface area contributed by atoms with Crippen molar-refractivity contribution in [3.05, 3.63) is 35.6 Å². The molecular formula is C16H26FN3. The molecule has 4 atom stereocenters. The van der Waals surface area contributed by atoms with E-state index < -0.39 is 0 Å². The quantitative estimate of drug-likeness (QED) is 0.916. The van der Waals surface area contributed by atoms with E-state index >= 15 is 0 Å². The fraction of sp³-hybridized carbons (Fsp3) is 0.625. The van der Waals surface area contributed by atoms with Crippen molar-refractivity contribution in [1.82, 2.24) is 9.80 Å². The number of hydrogen-bond donors (Lipinski definition) is 1. The molecule has 2 N–H and O–H groups in total. The molecule has 4 unspecified atom stereocenters. The molecule has 112 valence electrons. The van der Waals surface area contributed by atoms with Crippen molar-refractivity contribution < 1.29 is 4.39 Å². The van der Waals surface area contributed by atoms with Crippen molar-refractivity contribution in [1.29, 1.82) is 0 Å². The summed E-state index contributed by atoms with van der Waals surface area (Å²) < 4.78 is 13.0. The minimum absolute atomic E-state index is 0.0799. The highest BCUT2D eigenvalue weighted by molar-refractivity contribution is 5.21. The molecule has 3 nitrogen and oxygen atoms in total. The van der Waals surface area contributed by atoms with Crippen LogP contribution in [0.1, 0.15) is 25.5 Å². The van der Waals surface area contributed by atoms with Gasteiger partial charge < -0.3 is 10.6 Å². The summed E-state index contributed by atoms with van der Waals surface area (Å²) in [6.45, 7) is 6.57. The van der Waals surface area contributed by atoms with Crippen molar-refractivity contribution in [3.8, 4) is 0 Å². The molecule has 1 aromatic rings. The minimum Gasteiger partial charge on any atom is -0.323 e. The molecule has 0 bridgehead atoms. The smallest absolute Gasteiger partial charge is 0.123 e. The Bertz CT molecular complexity index is 432. The third kappa shape index (κ3) is 3.19. The van der Waals surface area contributed by atoms with Gasteiger partial charge in [-0.25, -0.2) is 4.39 Å². The van der Waals surface area contributed by atoms with Crippen molar-refractivity contribution in [2.24, 2.45) is 11.7 Å². The van der Waals surface area contributed by atoms with E-state index in [0.29, 0.717) is 12.0 Å². The highest BCUT2D eigenvalue weighted by atomic mass is 19.1. The second-order valence-electron chi connectivity index (χ2n) is 6.28. The minimum atomic E-state index is -0.212. The second-order valence-corrected chi connectivity index (χ2v) is 6.28. The Kier molecular flexibility index (Phi) is 4.78. The van der Waals surface area contributed by atoms with Crippen LogP contribution in [0.15, 0.2) is 24.3 Å². The van der Waals surface area contributed by atoms with E-state index in [4.69, 9.17) is 5.73 Å². The van der Waals surface area contributed by atoms with Crippen LogP contribution in [0.3, 0.4) is 0 Å². The van der Waals surface area contributed by atoms with E-state index in [0.717, 1.165) is 18.7 Å². The molecule has 0 radical (unpaired) electrons. The SMILES string of the molecule is CC1CN(C(C)C(N)c2ccc(F)cc2)CC1N(C)C. The number of likely N-dealkylation sites (N-methyl/N-ethyl adjacent to an activating group) is 1. The number of likely N-dealkylation sites (tertiary alicyclic amines) is 1. The summed E-state index contributed by atoms with van der Waals surface area (Å²) in [5.74, 6) is 0.434. The molecule has 2 rings (SSSR count). The van der Waals surface area contributed by atoms with Crippen LogP contribution in [-0.4, -0.2) is 49.1 Å². The van der Waals surface area contributed by atoms with Crippen molar-refractivity contribution in [3.63, 3.8) is 0 Å². The maximum atomic E-state index is 13.0. The maximum absolute atomic E-state index is 13.0. The topological polar surface area (TPSA) is 32.5 Å². The van der Waals surface area contributed by atoms with Crippen LogP contribution >= 0.6 is 0 Å². The predicted octanol–water partition coefficient (Wildman–Crippen LogP) is 2.10. The molecular weight excluding hydrogens is 253 g/mol. The van der Waals surface area contributed by atoms with E-state index in [2.05, 4.69) is 37.7 Å². The second kappa shape index (κ2) is 6.20. The molecule has 1 heterocycles. The van der Waals surface area contributed by atoms with Crippen LogP contribution in [0.2, 0.25) is 0 Å². The molecule has 1 aliphatic heterocycles. The number of hydrogen-bond acceptors (Lipinski definition) is 3. The molecule has 0 aromatic heterocycles. The molecule has 20 heavy (non-hydrogen) atoms. The predicted molar refractivity (Wildman–Crippen MR) is 81.0 cm³/mol. The van der Waals surface area contributed by atoms with Crippen molar-refractivity contribution >= 4 is 0 Å². The highest BCUT2D eigenvalue weighted by Crippen LogP contribution is 2.26. The fourth-order valence-electron chi connectivity index (χ4n) is 3.18. The van der Waals surface area contributed by atoms with Crippen LogP contribution in [0.25, 0.3) is 0 Å². The van der Waals surface area contributed by atoms with E-state index in [1.807, 2.05) is 0 Å². The monoisotopic (exact) mass is 279 g/mol. The van der Waals surface area contributed by atoms with Crippen LogP contribution < -0.4 is 5.73 Å². The van der Waals surface area contributed by atoms with Gasteiger partial charge in [0.1, 0.15) is 5.82 Å². The largest absolute Gasteiger partial charge is 0.323 e. The standard InChI is InChI=1S/C16H26FN3/c1-11-9-20(10-15(11)19(3)4)12(2)16(18)13-5-7-14(17)8-6-13/h5-8,11-12,15-16H,9-10,18H2,1-4H3. The summed E-state index contributed by atoms with van der Waals surface area (Å²) in [4.78, 5) is 4.74. The Morgan fingerprint density at radius 3 is 2.35 bits per heavy atom. The first-order chi connectivity index (χ1) is 9.40. The van der Waals surface area contributed by atoms with Crippen LogP contribution in [-0.2, 0) is 0 Å². The van der Waals surface area contributed by atoms with E-state index in [-0.39, 0.29) is 17.9 Å². The number of nitrogens with two attached hydrogens (primary N) is 1. The van der Waals surface area contributed by atoms with Gasteiger partial charge in [0.2, 0.25) is 0 Å². The number of rotatable bonds is 4. The Balaban J connectivity index is 2.04. The Morgan fingerprint density at radius 1 is 1.25 bits per heavy atom. The highest BCUT2D eigenvalue weighted by Gasteiger charge is 2.35. The summed E-state index contributed by atoms with van der Waals surface area (Å²) in [6, 6.07) is 7.31. The Hall–Kier alpha value is -0.970. The maximum Gasteiger partial charge on any atom is 0.123 e. The molecule has 0 spiro atoms. The third-order valence-electron chi connectivity index (χ3n) is 4.61. The molecule has 0 amide bonds. The van der Waals surface area contributed by atoms with Gasteiger partial charge in [-0.1, -0.05) is 19.1 Å². The van der Waals surface area contributed by atoms with Crippen molar-refractivity contribution in [2.75, 3.05) is 27.2 Å². The van der Waals surface area contributed by atoms with Crippen LogP contribution in [0, 0.1) is 11.7 Å². The van der Waals surface area contributed by atoms with Gasteiger partial charge in [-0.15, -0.1) is 0 Å². The first-order valence-corrected chi connectivity index (χ1v) is 7.31. The molecule has 1 aromatic carbocycles. The number of benzene rings is 1. The summed E-state index contributed by atoms with van der Waals surface area (Å²) in [7, 11) is 4.27. The third-order valence-corrected chi connectivity index (χ3v) is 4.61. The summed E-state index contributed by atoms with van der Waals surface area (Å²) >= 11 is 0. The molecule has 1 fully saturated rings. The number of nitrogens with zero attached hydrogens (tertiary/aromatic N) is 2. The molecule has 1 aliphatic rings. The van der Waals surface area contributed by atoms with Gasteiger partial charge in [0.25, 0.3) is 0 Å². The fourth-order valence-corrected chi connectivity index (χ4v) is 3.18. The van der Waals surface area contributed by atoms with Crippen LogP contribution in [0.5, 0.6) is 0 Å². The summed E-state index contributed by atoms with van der Waals surface area (Å²) in [5.41, 5.74) is 7.36. The lowest BCUT2D eigenvalue weighted by molar-refractivity contribution is 0.204. The van der Waals surface area contributed by atoms with Gasteiger partial charge in [-0.2, -0.15) is 0 Å². The lowest BCUT2D eigenvalue weighted by Gasteiger charge is -2.30. The van der Waals surface area contributed by atoms with Gasteiger partial charge in [-0.3, -0.25) is 4.90 Å². The molecule has 4 heteroatoms. The average molecular weight is 279 g/mol. The first-order valence-electron chi connectivity index (χ1n) is 7.31. The van der Waals surface area contributed by atoms with E-state index in [9.17, 15) is 4.39 Å². The van der Waals surface area contributed by atoms with Gasteiger partial charge in [0, 0.05) is 31.2 Å². The molecule has 1 saturated heterocycles. The molecule has 0 aliphatic carbocycles. The Labute approximate surface area is 121 Å². The lowest BCUT2D eigenvalue weighted by Crippen LogP contribution is -2.41. The van der Waals surface area contributed by atoms with E-state index in [1.54, 1.807) is 12.1 Å². The van der Waals surface area contributed by atoms with Crippen LogP contribution in [0.4, 0.5) is 4.39 Å². The van der Waals surface area contributed by atoms with Gasteiger partial charge in [0.15, 0.2) is 0 Å². The first kappa shape index (κ1) is 15.4. The average Bonchev–Trinajstić information content (AvgIpc) is 2.80. The summed E-state index contributed by atoms with van der Waals surface area (Å²) in [6.07, 6.45) is 0. The lowest BCUT2D eigenvalue weighted by atomic mass is 10.0. The van der Waals surface area contributed by atoms with Gasteiger partial charge >= 0.3 is 0 Å². The Morgan fingerprint density at radius 2 is 1.85 bits per heavy atom. The molecule has 0 saturated carbocycles. The van der Waals surface area contributed by atoms with E-state index in [1.165, 1.54) is 12.1 Å². The zero-order valence-corrected chi connectivity index (χ0v) is 12.9. The van der Waals surface area contributed by atoms with Gasteiger partial charge in [0.05, 0.1) is 0 Å². The van der Waals surface area contributed by atoms with Crippen molar-refractivity contribution in [2.45, 2.75) is 32.0 Å². The number of halogens is 1. The normalized spacial score (nSPS) is 26.9.